The molecule has 1 aromatic heterocycles. The summed E-state index contributed by atoms with van der Waals surface area (Å²) < 4.78 is 4.88. The molecule has 2 N–H and O–H groups in total. The Kier molecular flexibility index (Phi) is 6.14. The van der Waals surface area contributed by atoms with Crippen molar-refractivity contribution < 1.29 is 9.84 Å². The molecule has 4 nitrogen and oxygen atoms in total. The number of methoxy groups -OCH3 is 1. The quantitative estimate of drug-likeness (QED) is 0.733. The molecule has 1 aromatic carbocycles. The van der Waals surface area contributed by atoms with Gasteiger partial charge in [0.1, 0.15) is 5.01 Å². The fourth-order valence-electron chi connectivity index (χ4n) is 1.87. The zero-order valence-electron chi connectivity index (χ0n) is 11.6. The number of hydrogen-bond donors (Lipinski definition) is 2. The van der Waals surface area contributed by atoms with Crippen LogP contribution in [0, 0.1) is 0 Å². The molecule has 1 atom stereocenters. The molecule has 0 spiro atoms. The average Bonchev–Trinajstić information content (AvgIpc) is 2.94. The van der Waals surface area contributed by atoms with Crippen molar-refractivity contribution in [1.29, 1.82) is 0 Å². The summed E-state index contributed by atoms with van der Waals surface area (Å²) in [6.45, 7) is 1.87. The Morgan fingerprint density at radius 2 is 2.15 bits per heavy atom. The molecular formula is C15H20N2O2S. The first-order valence-corrected chi connectivity index (χ1v) is 7.55. The van der Waals surface area contributed by atoms with E-state index in [0.29, 0.717) is 13.0 Å². The molecule has 0 radical (unpaired) electrons. The van der Waals surface area contributed by atoms with Gasteiger partial charge in [0.25, 0.3) is 0 Å². The van der Waals surface area contributed by atoms with E-state index in [1.807, 2.05) is 18.2 Å². The fraction of sp³-hybridized carbons (Fsp3) is 0.400. The third-order valence-corrected chi connectivity index (χ3v) is 3.76. The Balaban J connectivity index is 1.76. The van der Waals surface area contributed by atoms with E-state index in [-0.39, 0.29) is 0 Å². The van der Waals surface area contributed by atoms with Gasteiger partial charge in [-0.15, -0.1) is 11.3 Å². The highest BCUT2D eigenvalue weighted by molar-refractivity contribution is 7.09. The van der Waals surface area contributed by atoms with Crippen LogP contribution in [0.2, 0.25) is 0 Å². The predicted molar refractivity (Wildman–Crippen MR) is 81.8 cm³/mol. The molecule has 0 saturated carbocycles. The molecular weight excluding hydrogens is 272 g/mol. The zero-order chi connectivity index (χ0) is 14.2. The molecule has 0 amide bonds. The third-order valence-electron chi connectivity index (χ3n) is 2.91. The minimum absolute atomic E-state index is 0.386. The van der Waals surface area contributed by atoms with E-state index in [2.05, 4.69) is 27.8 Å². The van der Waals surface area contributed by atoms with Crippen LogP contribution in [0.25, 0.3) is 11.3 Å². The Labute approximate surface area is 123 Å². The number of rotatable bonds is 8. The van der Waals surface area contributed by atoms with Crippen molar-refractivity contribution in [3.63, 3.8) is 0 Å². The fourth-order valence-corrected chi connectivity index (χ4v) is 2.65. The minimum Gasteiger partial charge on any atom is -0.391 e. The number of benzene rings is 1. The van der Waals surface area contributed by atoms with Crippen LogP contribution in [0.15, 0.2) is 35.7 Å². The van der Waals surface area contributed by atoms with Crippen LogP contribution < -0.4 is 5.32 Å². The van der Waals surface area contributed by atoms with Gasteiger partial charge in [0, 0.05) is 24.6 Å². The molecule has 5 heteroatoms. The summed E-state index contributed by atoms with van der Waals surface area (Å²) in [5.74, 6) is 0. The first-order chi connectivity index (χ1) is 9.79. The number of aliphatic hydroxyl groups excluding tert-OH is 1. The standard InChI is InChI=1S/C15H20N2O2S/c1-19-10-13(18)7-8-16-9-15-17-14(11-20-15)12-5-3-2-4-6-12/h2-6,11,13,16,18H,7-10H2,1H3. The number of aliphatic hydroxyl groups is 1. The molecule has 0 aliphatic rings. The second-order valence-electron chi connectivity index (χ2n) is 4.57. The number of thiazole rings is 1. The van der Waals surface area contributed by atoms with E-state index in [9.17, 15) is 5.11 Å². The number of nitrogens with zero attached hydrogens (tertiary/aromatic N) is 1. The molecule has 2 aromatic rings. The molecule has 20 heavy (non-hydrogen) atoms. The molecule has 0 bridgehead atoms. The van der Waals surface area contributed by atoms with Crippen LogP contribution in [0.4, 0.5) is 0 Å². The monoisotopic (exact) mass is 292 g/mol. The van der Waals surface area contributed by atoms with Gasteiger partial charge in [-0.3, -0.25) is 0 Å². The van der Waals surface area contributed by atoms with Crippen LogP contribution in [0.5, 0.6) is 0 Å². The van der Waals surface area contributed by atoms with Gasteiger partial charge in [-0.2, -0.15) is 0 Å². The largest absolute Gasteiger partial charge is 0.391 e. The molecule has 0 aliphatic carbocycles. The Hall–Kier alpha value is -1.27. The van der Waals surface area contributed by atoms with Gasteiger partial charge >= 0.3 is 0 Å². The van der Waals surface area contributed by atoms with Crippen molar-refractivity contribution in [2.45, 2.75) is 19.1 Å². The summed E-state index contributed by atoms with van der Waals surface area (Å²) in [7, 11) is 1.59. The van der Waals surface area contributed by atoms with Crippen LogP contribution in [0.3, 0.4) is 0 Å². The van der Waals surface area contributed by atoms with Crippen molar-refractivity contribution in [1.82, 2.24) is 10.3 Å². The van der Waals surface area contributed by atoms with Crippen molar-refractivity contribution in [3.8, 4) is 11.3 Å². The summed E-state index contributed by atoms with van der Waals surface area (Å²) in [5, 5.41) is 15.9. The van der Waals surface area contributed by atoms with E-state index >= 15 is 0 Å². The van der Waals surface area contributed by atoms with Crippen molar-refractivity contribution in [3.05, 3.63) is 40.7 Å². The van der Waals surface area contributed by atoms with Crippen molar-refractivity contribution >= 4 is 11.3 Å². The van der Waals surface area contributed by atoms with Gasteiger partial charge in [0.05, 0.1) is 18.4 Å². The summed E-state index contributed by atoms with van der Waals surface area (Å²) in [6.07, 6.45) is 0.286. The lowest BCUT2D eigenvalue weighted by Gasteiger charge is -2.09. The van der Waals surface area contributed by atoms with Crippen molar-refractivity contribution in [2.24, 2.45) is 0 Å². The maximum Gasteiger partial charge on any atom is 0.107 e. The summed E-state index contributed by atoms with van der Waals surface area (Å²) >= 11 is 1.65. The Morgan fingerprint density at radius 1 is 1.35 bits per heavy atom. The Morgan fingerprint density at radius 3 is 2.90 bits per heavy atom. The van der Waals surface area contributed by atoms with E-state index in [0.717, 1.165) is 29.4 Å². The molecule has 0 aliphatic heterocycles. The number of aromatic nitrogens is 1. The third kappa shape index (κ3) is 4.68. The highest BCUT2D eigenvalue weighted by atomic mass is 32.1. The molecule has 108 valence electrons. The first kappa shape index (κ1) is 15.1. The number of nitrogens with one attached hydrogen (secondary N) is 1. The minimum atomic E-state index is -0.399. The molecule has 0 saturated heterocycles. The van der Waals surface area contributed by atoms with Gasteiger partial charge in [-0.05, 0) is 13.0 Å². The highest BCUT2D eigenvalue weighted by Gasteiger charge is 2.05. The second kappa shape index (κ2) is 8.11. The summed E-state index contributed by atoms with van der Waals surface area (Å²) in [5.41, 5.74) is 2.16. The molecule has 0 fully saturated rings. The number of ether oxygens (including phenoxy) is 1. The molecule has 2 rings (SSSR count). The van der Waals surface area contributed by atoms with Crippen LogP contribution in [0.1, 0.15) is 11.4 Å². The smallest absolute Gasteiger partial charge is 0.107 e. The van der Waals surface area contributed by atoms with Gasteiger partial charge in [-0.25, -0.2) is 4.98 Å². The van der Waals surface area contributed by atoms with Gasteiger partial charge in [0.15, 0.2) is 0 Å². The molecule has 1 heterocycles. The van der Waals surface area contributed by atoms with Gasteiger partial charge in [0.2, 0.25) is 0 Å². The van der Waals surface area contributed by atoms with Crippen molar-refractivity contribution in [2.75, 3.05) is 20.3 Å². The van der Waals surface area contributed by atoms with Crippen LogP contribution >= 0.6 is 11.3 Å². The summed E-state index contributed by atoms with van der Waals surface area (Å²) in [6, 6.07) is 10.2. The lowest BCUT2D eigenvalue weighted by Crippen LogP contribution is -2.22. The van der Waals surface area contributed by atoms with Gasteiger partial charge < -0.3 is 15.2 Å². The first-order valence-electron chi connectivity index (χ1n) is 6.67. The van der Waals surface area contributed by atoms with E-state index in [1.54, 1.807) is 18.4 Å². The SMILES string of the molecule is COCC(O)CCNCc1nc(-c2ccccc2)cs1. The van der Waals surface area contributed by atoms with Gasteiger partial charge in [-0.1, -0.05) is 30.3 Å². The summed E-state index contributed by atoms with van der Waals surface area (Å²) in [4.78, 5) is 4.60. The van der Waals surface area contributed by atoms with E-state index < -0.39 is 6.10 Å². The predicted octanol–water partition coefficient (Wildman–Crippen LogP) is 2.30. The Bertz CT molecular complexity index is 502. The maximum atomic E-state index is 9.52. The lowest BCUT2D eigenvalue weighted by molar-refractivity contribution is 0.0594. The normalized spacial score (nSPS) is 12.5. The lowest BCUT2D eigenvalue weighted by atomic mass is 10.2. The highest BCUT2D eigenvalue weighted by Crippen LogP contribution is 2.21. The number of hydrogen-bond acceptors (Lipinski definition) is 5. The maximum absolute atomic E-state index is 9.52. The topological polar surface area (TPSA) is 54.4 Å². The van der Waals surface area contributed by atoms with E-state index in [4.69, 9.17) is 4.74 Å². The second-order valence-corrected chi connectivity index (χ2v) is 5.51. The van der Waals surface area contributed by atoms with Crippen LogP contribution in [-0.2, 0) is 11.3 Å². The molecule has 1 unspecified atom stereocenters. The zero-order valence-corrected chi connectivity index (χ0v) is 12.4. The van der Waals surface area contributed by atoms with Crippen LogP contribution in [-0.4, -0.2) is 36.5 Å². The van der Waals surface area contributed by atoms with E-state index in [1.165, 1.54) is 0 Å². The average molecular weight is 292 g/mol.